The summed E-state index contributed by atoms with van der Waals surface area (Å²) in [6.45, 7) is 0. The molecule has 1 aliphatic heterocycles. The van der Waals surface area contributed by atoms with Gasteiger partial charge in [-0.1, -0.05) is 133 Å². The fourth-order valence-electron chi connectivity index (χ4n) is 8.67. The molecule has 3 nitrogen and oxygen atoms in total. The molecule has 0 radical (unpaired) electrons. The zero-order chi connectivity index (χ0) is 34.2. The Morgan fingerprint density at radius 1 is 0.385 bits per heavy atom. The maximum atomic E-state index is 6.87. The van der Waals surface area contributed by atoms with Crippen molar-refractivity contribution >= 4 is 72.6 Å². The Bertz CT molecular complexity index is 2940. The van der Waals surface area contributed by atoms with Gasteiger partial charge in [0.2, 0.25) is 0 Å². The molecular formula is C48H31NO2Si. The number of hydrogen-bond donors (Lipinski definition) is 0. The third-order valence-corrected chi connectivity index (χ3v) is 15.8. The maximum Gasteiger partial charge on any atom is 0.188 e. The van der Waals surface area contributed by atoms with E-state index in [4.69, 9.17) is 9.15 Å². The maximum absolute atomic E-state index is 6.87. The molecule has 0 saturated carbocycles. The molecule has 0 spiro atoms. The first-order chi connectivity index (χ1) is 25.8. The molecule has 0 N–H and O–H groups in total. The van der Waals surface area contributed by atoms with E-state index >= 15 is 0 Å². The van der Waals surface area contributed by atoms with Crippen LogP contribution in [0.25, 0.3) is 60.6 Å². The number of fused-ring (bicyclic) bond motifs is 8. The van der Waals surface area contributed by atoms with E-state index in [-0.39, 0.29) is 0 Å². The number of ether oxygens (including phenoxy) is 1. The topological polar surface area (TPSA) is 27.3 Å². The monoisotopic (exact) mass is 681 g/mol. The van der Waals surface area contributed by atoms with Crippen molar-refractivity contribution in [2.45, 2.75) is 0 Å². The molecule has 4 heteroatoms. The highest BCUT2D eigenvalue weighted by molar-refractivity contribution is 7.20. The lowest BCUT2D eigenvalue weighted by Crippen LogP contribution is -2.76. The standard InChI is InChI=1S/C48H31NO2Si/c1-2-12-35(13-3-1)52(36-26-24-34(25-27-36)49-41-17-7-4-14-37(41)38-15-5-8-18-42(38)49)47-21-11-10-20-45(47)51-46-31-33(23-29-48(46)52)32-22-28-44-40(30-32)39-16-6-9-19-43(39)50-44/h1-31H. The zero-order valence-electron chi connectivity index (χ0n) is 28.2. The van der Waals surface area contributed by atoms with E-state index in [0.29, 0.717) is 0 Å². The average molecular weight is 682 g/mol. The average Bonchev–Trinajstić information content (AvgIpc) is 3.76. The van der Waals surface area contributed by atoms with Gasteiger partial charge in [-0.3, -0.25) is 0 Å². The van der Waals surface area contributed by atoms with Gasteiger partial charge in [0.05, 0.1) is 11.0 Å². The van der Waals surface area contributed by atoms with E-state index in [1.165, 1.54) is 42.6 Å². The second-order valence-electron chi connectivity index (χ2n) is 13.7. The lowest BCUT2D eigenvalue weighted by molar-refractivity contribution is 0.487. The lowest BCUT2D eigenvalue weighted by atomic mass is 10.0. The van der Waals surface area contributed by atoms with Gasteiger partial charge in [0.1, 0.15) is 22.7 Å². The summed E-state index contributed by atoms with van der Waals surface area (Å²) in [6.07, 6.45) is 0. The Hall–Kier alpha value is -6.62. The minimum absolute atomic E-state index is 0.896. The van der Waals surface area contributed by atoms with Crippen LogP contribution in [0.4, 0.5) is 0 Å². The quantitative estimate of drug-likeness (QED) is 0.173. The Morgan fingerprint density at radius 2 is 0.962 bits per heavy atom. The summed E-state index contributed by atoms with van der Waals surface area (Å²) in [5.41, 5.74) is 7.62. The van der Waals surface area contributed by atoms with E-state index in [1.54, 1.807) is 0 Å². The van der Waals surface area contributed by atoms with Crippen LogP contribution < -0.4 is 25.5 Å². The van der Waals surface area contributed by atoms with Crippen LogP contribution in [-0.4, -0.2) is 12.6 Å². The summed E-state index contributed by atoms with van der Waals surface area (Å²) in [4.78, 5) is 0. The fourth-order valence-corrected chi connectivity index (χ4v) is 13.6. The number of nitrogens with zero attached hydrogens (tertiary/aromatic N) is 1. The van der Waals surface area contributed by atoms with Crippen LogP contribution in [0.1, 0.15) is 0 Å². The van der Waals surface area contributed by atoms with Gasteiger partial charge in [0.25, 0.3) is 0 Å². The number of furan rings is 1. The third kappa shape index (κ3) is 4.13. The molecule has 0 bridgehead atoms. The molecule has 244 valence electrons. The second-order valence-corrected chi connectivity index (χ2v) is 17.4. The smallest absolute Gasteiger partial charge is 0.188 e. The van der Waals surface area contributed by atoms with Crippen LogP contribution in [0.15, 0.2) is 192 Å². The number of para-hydroxylation sites is 4. The van der Waals surface area contributed by atoms with Crippen LogP contribution >= 0.6 is 0 Å². The van der Waals surface area contributed by atoms with Gasteiger partial charge in [0.15, 0.2) is 8.07 Å². The van der Waals surface area contributed by atoms with Crippen molar-refractivity contribution < 1.29 is 9.15 Å². The van der Waals surface area contributed by atoms with Gasteiger partial charge < -0.3 is 13.7 Å². The number of aromatic nitrogens is 1. The summed E-state index contributed by atoms with van der Waals surface area (Å²) in [6, 6.07) is 68.1. The number of benzene rings is 8. The van der Waals surface area contributed by atoms with E-state index < -0.39 is 8.07 Å². The molecule has 1 aliphatic rings. The van der Waals surface area contributed by atoms with Crippen molar-refractivity contribution in [1.29, 1.82) is 0 Å². The normalized spacial score (nSPS) is 15.2. The molecule has 1 unspecified atom stereocenters. The van der Waals surface area contributed by atoms with E-state index in [1.807, 2.05) is 12.1 Å². The molecule has 8 aromatic carbocycles. The summed E-state index contributed by atoms with van der Waals surface area (Å²) < 4.78 is 15.4. The highest BCUT2D eigenvalue weighted by atomic mass is 28.3. The van der Waals surface area contributed by atoms with Gasteiger partial charge >= 0.3 is 0 Å². The molecule has 0 amide bonds. The van der Waals surface area contributed by atoms with Crippen molar-refractivity contribution in [1.82, 2.24) is 4.57 Å². The van der Waals surface area contributed by atoms with Crippen LogP contribution in [-0.2, 0) is 0 Å². The van der Waals surface area contributed by atoms with Crippen molar-refractivity contribution in [3.8, 4) is 28.3 Å². The minimum atomic E-state index is -2.83. The van der Waals surface area contributed by atoms with Gasteiger partial charge in [-0.15, -0.1) is 0 Å². The first kappa shape index (κ1) is 29.1. The van der Waals surface area contributed by atoms with Crippen LogP contribution in [0.5, 0.6) is 11.5 Å². The van der Waals surface area contributed by atoms with E-state index in [9.17, 15) is 0 Å². The van der Waals surface area contributed by atoms with E-state index in [2.05, 4.69) is 180 Å². The van der Waals surface area contributed by atoms with Gasteiger partial charge in [-0.05, 0) is 86.5 Å². The highest BCUT2D eigenvalue weighted by Crippen LogP contribution is 2.37. The van der Waals surface area contributed by atoms with Crippen molar-refractivity contribution in [2.75, 3.05) is 0 Å². The minimum Gasteiger partial charge on any atom is -0.458 e. The largest absolute Gasteiger partial charge is 0.458 e. The fraction of sp³-hybridized carbons (Fsp3) is 0. The Kier molecular flexibility index (Phi) is 6.27. The molecule has 2 aromatic heterocycles. The van der Waals surface area contributed by atoms with Crippen molar-refractivity contribution in [3.05, 3.63) is 188 Å². The predicted octanol–water partition coefficient (Wildman–Crippen LogP) is 9.83. The van der Waals surface area contributed by atoms with Crippen LogP contribution in [0.2, 0.25) is 0 Å². The number of rotatable bonds is 4. The third-order valence-electron chi connectivity index (χ3n) is 11.0. The molecule has 11 rings (SSSR count). The molecule has 0 saturated heterocycles. The molecule has 0 fully saturated rings. The zero-order valence-corrected chi connectivity index (χ0v) is 29.2. The first-order valence-electron chi connectivity index (χ1n) is 17.8. The molecule has 1 atom stereocenters. The molecule has 0 aliphatic carbocycles. The first-order valence-corrected chi connectivity index (χ1v) is 19.8. The number of hydrogen-bond acceptors (Lipinski definition) is 2. The SMILES string of the molecule is c1ccc([Si]2(c3ccc(-n4c5ccccc5c5ccccc54)cc3)c3ccccc3Oc3cc(-c4ccc5oc6ccccc6c5c4)ccc32)cc1. The van der Waals surface area contributed by atoms with Gasteiger partial charge in [0, 0.05) is 27.2 Å². The van der Waals surface area contributed by atoms with Crippen molar-refractivity contribution in [3.63, 3.8) is 0 Å². The Labute approximate surface area is 301 Å². The molecule has 3 heterocycles. The molecule has 52 heavy (non-hydrogen) atoms. The summed E-state index contributed by atoms with van der Waals surface area (Å²) >= 11 is 0. The van der Waals surface area contributed by atoms with Crippen LogP contribution in [0, 0.1) is 0 Å². The summed E-state index contributed by atoms with van der Waals surface area (Å²) in [5.74, 6) is 1.83. The highest BCUT2D eigenvalue weighted by Gasteiger charge is 2.48. The Morgan fingerprint density at radius 3 is 1.75 bits per heavy atom. The second kappa shape index (κ2) is 11.2. The van der Waals surface area contributed by atoms with Crippen molar-refractivity contribution in [2.24, 2.45) is 0 Å². The lowest BCUT2D eigenvalue weighted by Gasteiger charge is -2.39. The summed E-state index contributed by atoms with van der Waals surface area (Å²) in [5, 5.41) is 9.93. The van der Waals surface area contributed by atoms with Crippen LogP contribution in [0.3, 0.4) is 0 Å². The Balaban J connectivity index is 1.12. The van der Waals surface area contributed by atoms with Gasteiger partial charge in [-0.25, -0.2) is 0 Å². The van der Waals surface area contributed by atoms with Gasteiger partial charge in [-0.2, -0.15) is 0 Å². The predicted molar refractivity (Wildman–Crippen MR) is 217 cm³/mol. The molecule has 10 aromatic rings. The molecular weight excluding hydrogens is 651 g/mol. The summed E-state index contributed by atoms with van der Waals surface area (Å²) in [7, 11) is -2.83. The van der Waals surface area contributed by atoms with E-state index in [0.717, 1.165) is 50.3 Å².